The van der Waals surface area contributed by atoms with Gasteiger partial charge in [-0.25, -0.2) is 15.4 Å². The van der Waals surface area contributed by atoms with Crippen molar-refractivity contribution in [2.75, 3.05) is 43.5 Å². The minimum absolute atomic E-state index is 0.127. The number of likely N-dealkylation sites (N-methyl/N-ethyl adjacent to an activating group) is 1. The third-order valence-electron chi connectivity index (χ3n) is 5.41. The second-order valence-electron chi connectivity index (χ2n) is 8.52. The Balaban J connectivity index is 1.66. The number of fused-ring (bicyclic) bond motifs is 1. The van der Waals surface area contributed by atoms with Crippen LogP contribution in [0.15, 0.2) is 66.0 Å². The zero-order valence-electron chi connectivity index (χ0n) is 20.5. The Morgan fingerprint density at radius 1 is 1.05 bits per heavy atom. The van der Waals surface area contributed by atoms with Gasteiger partial charge in [0.25, 0.3) is 10.0 Å². The van der Waals surface area contributed by atoms with Gasteiger partial charge in [0.15, 0.2) is 5.82 Å². The van der Waals surface area contributed by atoms with E-state index in [0.29, 0.717) is 17.0 Å². The van der Waals surface area contributed by atoms with Crippen LogP contribution in [0.5, 0.6) is 0 Å². The molecule has 0 aliphatic heterocycles. The fourth-order valence-electron chi connectivity index (χ4n) is 3.64. The molecule has 200 valence electrons. The molecule has 0 saturated heterocycles. The van der Waals surface area contributed by atoms with E-state index in [1.54, 1.807) is 42.9 Å². The zero-order chi connectivity index (χ0) is 27.4. The molecule has 0 aliphatic carbocycles. The van der Waals surface area contributed by atoms with Crippen LogP contribution in [0.25, 0.3) is 16.7 Å². The van der Waals surface area contributed by atoms with Crippen molar-refractivity contribution in [2.24, 2.45) is 0 Å². The molecule has 4 aromatic rings. The summed E-state index contributed by atoms with van der Waals surface area (Å²) in [6, 6.07) is 10.6. The smallest absolute Gasteiger partial charge is 0.319 e. The van der Waals surface area contributed by atoms with Gasteiger partial charge in [0.1, 0.15) is 12.4 Å². The SMILES string of the molecule is CN(C)CCNc1cnc(-n2ccc3cc(N(NCC(=O)O)S(=O)(=O)c4cc(Cl)cc(Cl)c4)ccc32)cn1. The summed E-state index contributed by atoms with van der Waals surface area (Å²) in [5.41, 5.74) is 3.41. The van der Waals surface area contributed by atoms with Gasteiger partial charge >= 0.3 is 5.97 Å². The lowest BCUT2D eigenvalue weighted by molar-refractivity contribution is -0.135. The highest BCUT2D eigenvalue weighted by Crippen LogP contribution is 2.30. The van der Waals surface area contributed by atoms with Crippen molar-refractivity contribution < 1.29 is 18.3 Å². The van der Waals surface area contributed by atoms with E-state index in [4.69, 9.17) is 23.2 Å². The fourth-order valence-corrected chi connectivity index (χ4v) is 5.68. The number of anilines is 2. The number of carboxylic acids is 1. The third kappa shape index (κ3) is 6.34. The van der Waals surface area contributed by atoms with E-state index >= 15 is 0 Å². The first-order chi connectivity index (χ1) is 18.0. The number of benzene rings is 2. The van der Waals surface area contributed by atoms with Crippen molar-refractivity contribution in [1.29, 1.82) is 0 Å². The summed E-state index contributed by atoms with van der Waals surface area (Å²) < 4.78 is 29.6. The summed E-state index contributed by atoms with van der Waals surface area (Å²) >= 11 is 12.0. The van der Waals surface area contributed by atoms with Gasteiger partial charge in [0.05, 0.1) is 28.5 Å². The molecule has 0 unspecified atom stereocenters. The molecule has 0 spiro atoms. The molecule has 14 heteroatoms. The maximum absolute atomic E-state index is 13.5. The van der Waals surface area contributed by atoms with E-state index in [0.717, 1.165) is 23.0 Å². The van der Waals surface area contributed by atoms with Crippen molar-refractivity contribution in [1.82, 2.24) is 24.9 Å². The molecule has 0 radical (unpaired) electrons. The number of aliphatic carboxylic acids is 1. The first-order valence-corrected chi connectivity index (χ1v) is 13.5. The summed E-state index contributed by atoms with van der Waals surface area (Å²) in [5, 5.41) is 13.3. The number of nitrogens with zero attached hydrogens (tertiary/aromatic N) is 5. The largest absolute Gasteiger partial charge is 0.480 e. The molecule has 4 rings (SSSR count). The van der Waals surface area contributed by atoms with E-state index in [9.17, 15) is 18.3 Å². The van der Waals surface area contributed by atoms with Crippen LogP contribution in [0.4, 0.5) is 11.5 Å². The molecular formula is C24H25Cl2N7O4S. The third-order valence-corrected chi connectivity index (χ3v) is 7.50. The van der Waals surface area contributed by atoms with E-state index in [2.05, 4.69) is 25.6 Å². The number of halogens is 2. The van der Waals surface area contributed by atoms with Gasteiger partial charge in [-0.3, -0.25) is 9.36 Å². The molecule has 0 aliphatic rings. The van der Waals surface area contributed by atoms with Crippen LogP contribution >= 0.6 is 23.2 Å². The van der Waals surface area contributed by atoms with Crippen LogP contribution in [0, 0.1) is 0 Å². The molecular weight excluding hydrogens is 553 g/mol. The lowest BCUT2D eigenvalue weighted by Gasteiger charge is -2.24. The van der Waals surface area contributed by atoms with Gasteiger partial charge in [0.2, 0.25) is 0 Å². The van der Waals surface area contributed by atoms with Gasteiger partial charge in [0, 0.05) is 34.7 Å². The summed E-state index contributed by atoms with van der Waals surface area (Å²) in [6.07, 6.45) is 5.07. The van der Waals surface area contributed by atoms with Crippen LogP contribution < -0.4 is 15.2 Å². The summed E-state index contributed by atoms with van der Waals surface area (Å²) in [4.78, 5) is 22.0. The molecule has 2 heterocycles. The van der Waals surface area contributed by atoms with Crippen molar-refractivity contribution >= 4 is 61.6 Å². The highest BCUT2D eigenvalue weighted by Gasteiger charge is 2.27. The molecule has 0 atom stereocenters. The molecule has 11 nitrogen and oxygen atoms in total. The number of hydrogen-bond donors (Lipinski definition) is 3. The minimum atomic E-state index is -4.28. The van der Waals surface area contributed by atoms with E-state index in [1.807, 2.05) is 18.7 Å². The molecule has 0 amide bonds. The number of rotatable bonds is 11. The van der Waals surface area contributed by atoms with Crippen molar-refractivity contribution in [3.63, 3.8) is 0 Å². The average Bonchev–Trinajstić information content (AvgIpc) is 3.27. The number of carboxylic acid groups (broad SMARTS) is 1. The van der Waals surface area contributed by atoms with Gasteiger partial charge in [-0.2, -0.15) is 12.8 Å². The average molecular weight is 578 g/mol. The predicted molar refractivity (Wildman–Crippen MR) is 148 cm³/mol. The van der Waals surface area contributed by atoms with Crippen LogP contribution in [0.3, 0.4) is 0 Å². The quantitative estimate of drug-likeness (QED) is 0.229. The molecule has 3 N–H and O–H groups in total. The van der Waals surface area contributed by atoms with Gasteiger partial charge < -0.3 is 15.3 Å². The van der Waals surface area contributed by atoms with Crippen molar-refractivity contribution in [2.45, 2.75) is 4.90 Å². The van der Waals surface area contributed by atoms with Crippen LogP contribution in [0.1, 0.15) is 0 Å². The fraction of sp³-hybridized carbons (Fsp3) is 0.208. The number of aromatic nitrogens is 3. The summed E-state index contributed by atoms with van der Waals surface area (Å²) in [5.74, 6) is -0.00596. The number of sulfonamides is 1. The topological polar surface area (TPSA) is 133 Å². The van der Waals surface area contributed by atoms with Crippen molar-refractivity contribution in [3.05, 3.63) is 71.1 Å². The Hall–Kier alpha value is -3.42. The Labute approximate surface area is 229 Å². The molecule has 0 saturated carbocycles. The maximum atomic E-state index is 13.5. The second-order valence-corrected chi connectivity index (χ2v) is 11.2. The van der Waals surface area contributed by atoms with Crippen LogP contribution in [-0.4, -0.2) is 72.7 Å². The van der Waals surface area contributed by atoms with Crippen LogP contribution in [-0.2, 0) is 14.8 Å². The Morgan fingerprint density at radius 3 is 2.42 bits per heavy atom. The predicted octanol–water partition coefficient (Wildman–Crippen LogP) is 3.49. The number of hydrogen-bond acceptors (Lipinski definition) is 8. The first kappa shape index (κ1) is 27.6. The van der Waals surface area contributed by atoms with E-state index in [-0.39, 0.29) is 20.6 Å². The molecule has 2 aromatic heterocycles. The number of nitrogens with one attached hydrogen (secondary N) is 2. The highest BCUT2D eigenvalue weighted by molar-refractivity contribution is 7.92. The van der Waals surface area contributed by atoms with Gasteiger partial charge in [-0.05, 0) is 56.6 Å². The van der Waals surface area contributed by atoms with E-state index in [1.165, 1.54) is 18.2 Å². The molecule has 38 heavy (non-hydrogen) atoms. The monoisotopic (exact) mass is 577 g/mol. The first-order valence-electron chi connectivity index (χ1n) is 11.3. The molecule has 0 fully saturated rings. The maximum Gasteiger partial charge on any atom is 0.319 e. The summed E-state index contributed by atoms with van der Waals surface area (Å²) in [6.45, 7) is 0.941. The molecule has 0 bridgehead atoms. The Bertz CT molecular complexity index is 1540. The number of hydrazine groups is 1. The lowest BCUT2D eigenvalue weighted by Crippen LogP contribution is -2.45. The standard InChI is InChI=1S/C24H25Cl2N7O4S/c1-31(2)8-6-27-22-13-29-23(14-28-22)32-7-5-16-9-19(3-4-21(16)32)33(30-15-24(34)35)38(36,37)20-11-17(25)10-18(26)12-20/h3-5,7,9-14,30H,6,8,15H2,1-2H3,(H,27,28)(H,34,35). The van der Waals surface area contributed by atoms with Gasteiger partial charge in [-0.15, -0.1) is 0 Å². The minimum Gasteiger partial charge on any atom is -0.480 e. The van der Waals surface area contributed by atoms with Crippen LogP contribution in [0.2, 0.25) is 10.0 Å². The second kappa shape index (κ2) is 11.5. The van der Waals surface area contributed by atoms with Gasteiger partial charge in [-0.1, -0.05) is 23.2 Å². The Morgan fingerprint density at radius 2 is 1.79 bits per heavy atom. The number of carbonyl (C=O) groups is 1. The molecule has 2 aromatic carbocycles. The highest BCUT2D eigenvalue weighted by atomic mass is 35.5. The Kier molecular flexibility index (Phi) is 8.38. The van der Waals surface area contributed by atoms with Crippen molar-refractivity contribution in [3.8, 4) is 5.82 Å². The lowest BCUT2D eigenvalue weighted by atomic mass is 10.2. The zero-order valence-corrected chi connectivity index (χ0v) is 22.8. The summed E-state index contributed by atoms with van der Waals surface area (Å²) in [7, 11) is -0.298. The normalized spacial score (nSPS) is 11.7. The van der Waals surface area contributed by atoms with E-state index < -0.39 is 22.5 Å².